The summed E-state index contributed by atoms with van der Waals surface area (Å²) < 4.78 is 5.36. The molecule has 0 unspecified atom stereocenters. The zero-order valence-corrected chi connectivity index (χ0v) is 11.8. The largest absolute Gasteiger partial charge is 0.478 e. The number of aromatic carboxylic acids is 1. The van der Waals surface area contributed by atoms with Crippen molar-refractivity contribution in [2.75, 3.05) is 13.2 Å². The Morgan fingerprint density at radius 3 is 2.79 bits per heavy atom. The lowest BCUT2D eigenvalue weighted by molar-refractivity contribution is 0.0697. The lowest BCUT2D eigenvalue weighted by Crippen LogP contribution is -2.13. The second-order valence-corrected chi connectivity index (χ2v) is 6.26. The molecule has 1 aliphatic rings. The summed E-state index contributed by atoms with van der Waals surface area (Å²) in [4.78, 5) is 16.5. The zero-order chi connectivity index (χ0) is 13.2. The van der Waals surface area contributed by atoms with E-state index in [4.69, 9.17) is 9.84 Å². The fourth-order valence-electron chi connectivity index (χ4n) is 2.12. The molecular weight excluding hydrogens is 282 g/mol. The number of carboxylic acids is 1. The molecule has 100 valence electrons. The van der Waals surface area contributed by atoms with E-state index in [2.05, 4.69) is 4.98 Å². The molecule has 0 amide bonds. The number of thiazole rings is 1. The maximum absolute atomic E-state index is 10.9. The highest BCUT2D eigenvalue weighted by Crippen LogP contribution is 2.34. The monoisotopic (exact) mass is 295 g/mol. The minimum absolute atomic E-state index is 0.334. The molecule has 0 saturated carbocycles. The van der Waals surface area contributed by atoms with Crippen molar-refractivity contribution in [2.45, 2.75) is 18.8 Å². The van der Waals surface area contributed by atoms with Gasteiger partial charge in [-0.1, -0.05) is 0 Å². The molecule has 4 nitrogen and oxygen atoms in total. The topological polar surface area (TPSA) is 59.4 Å². The molecule has 1 saturated heterocycles. The van der Waals surface area contributed by atoms with E-state index >= 15 is 0 Å². The van der Waals surface area contributed by atoms with Crippen LogP contribution in [-0.4, -0.2) is 29.3 Å². The van der Waals surface area contributed by atoms with Crippen LogP contribution in [0.25, 0.3) is 10.6 Å². The van der Waals surface area contributed by atoms with Gasteiger partial charge in [-0.3, -0.25) is 0 Å². The number of thiophene rings is 1. The molecule has 1 fully saturated rings. The van der Waals surface area contributed by atoms with E-state index in [1.807, 2.05) is 5.38 Å². The van der Waals surface area contributed by atoms with Crippen LogP contribution in [0.3, 0.4) is 0 Å². The first kappa shape index (κ1) is 12.8. The maximum Gasteiger partial charge on any atom is 0.336 e. The van der Waals surface area contributed by atoms with Gasteiger partial charge in [0.15, 0.2) is 0 Å². The lowest BCUT2D eigenvalue weighted by Gasteiger charge is -2.19. The first-order chi connectivity index (χ1) is 9.24. The molecule has 0 aliphatic carbocycles. The van der Waals surface area contributed by atoms with Crippen LogP contribution in [-0.2, 0) is 4.74 Å². The highest BCUT2D eigenvalue weighted by Gasteiger charge is 2.20. The summed E-state index contributed by atoms with van der Waals surface area (Å²) in [5.74, 6) is -0.395. The average molecular weight is 295 g/mol. The molecule has 0 atom stereocenters. The lowest BCUT2D eigenvalue weighted by atomic mass is 10.0. The summed E-state index contributed by atoms with van der Waals surface area (Å²) in [6, 6.07) is 1.69. The summed E-state index contributed by atoms with van der Waals surface area (Å²) >= 11 is 3.09. The van der Waals surface area contributed by atoms with Gasteiger partial charge in [0.1, 0.15) is 0 Å². The zero-order valence-electron chi connectivity index (χ0n) is 10.2. The molecule has 6 heteroatoms. The third-order valence-electron chi connectivity index (χ3n) is 3.19. The van der Waals surface area contributed by atoms with E-state index in [0.29, 0.717) is 11.5 Å². The number of hydrogen-bond donors (Lipinski definition) is 1. The predicted molar refractivity (Wildman–Crippen MR) is 75.2 cm³/mol. The predicted octanol–water partition coefficient (Wildman–Crippen LogP) is 3.46. The molecular formula is C13H13NO3S2. The molecule has 2 aromatic heterocycles. The number of aromatic nitrogens is 1. The van der Waals surface area contributed by atoms with E-state index in [1.165, 1.54) is 11.3 Å². The van der Waals surface area contributed by atoms with Crippen molar-refractivity contribution >= 4 is 28.6 Å². The molecule has 3 rings (SSSR count). The minimum atomic E-state index is -0.887. The Bertz CT molecular complexity index is 584. The van der Waals surface area contributed by atoms with Crippen LogP contribution in [0, 0.1) is 0 Å². The normalized spacial score (nSPS) is 16.6. The summed E-state index contributed by atoms with van der Waals surface area (Å²) in [6.45, 7) is 1.61. The summed E-state index contributed by atoms with van der Waals surface area (Å²) in [5.41, 5.74) is 1.23. The van der Waals surface area contributed by atoms with Crippen molar-refractivity contribution < 1.29 is 14.6 Å². The minimum Gasteiger partial charge on any atom is -0.478 e. The number of nitrogens with zero attached hydrogens (tertiary/aromatic N) is 1. The number of carbonyl (C=O) groups is 1. The van der Waals surface area contributed by atoms with Crippen LogP contribution in [0.2, 0.25) is 0 Å². The first-order valence-electron chi connectivity index (χ1n) is 6.09. The first-order valence-corrected chi connectivity index (χ1v) is 7.85. The highest BCUT2D eigenvalue weighted by molar-refractivity contribution is 7.14. The van der Waals surface area contributed by atoms with Crippen molar-refractivity contribution in [1.29, 1.82) is 0 Å². The van der Waals surface area contributed by atoms with E-state index in [-0.39, 0.29) is 0 Å². The smallest absolute Gasteiger partial charge is 0.336 e. The van der Waals surface area contributed by atoms with Crippen LogP contribution in [0.4, 0.5) is 0 Å². The van der Waals surface area contributed by atoms with Crippen molar-refractivity contribution in [2.24, 2.45) is 0 Å². The quantitative estimate of drug-likeness (QED) is 0.942. The maximum atomic E-state index is 10.9. The van der Waals surface area contributed by atoms with Crippen LogP contribution in [0.15, 0.2) is 16.8 Å². The molecule has 3 heterocycles. The molecule has 2 aromatic rings. The molecule has 0 spiro atoms. The summed E-state index contributed by atoms with van der Waals surface area (Å²) in [7, 11) is 0. The second-order valence-electron chi connectivity index (χ2n) is 4.46. The highest BCUT2D eigenvalue weighted by atomic mass is 32.1. The van der Waals surface area contributed by atoms with Crippen LogP contribution >= 0.6 is 22.7 Å². The van der Waals surface area contributed by atoms with Crippen molar-refractivity contribution in [3.05, 3.63) is 27.4 Å². The fourth-order valence-corrected chi connectivity index (χ4v) is 4.02. The van der Waals surface area contributed by atoms with Gasteiger partial charge < -0.3 is 9.84 Å². The Hall–Kier alpha value is -1.24. The van der Waals surface area contributed by atoms with Gasteiger partial charge in [-0.15, -0.1) is 22.7 Å². The Labute approximate surface area is 118 Å². The number of rotatable bonds is 3. The van der Waals surface area contributed by atoms with Gasteiger partial charge in [-0.25, -0.2) is 9.78 Å². The summed E-state index contributed by atoms with van der Waals surface area (Å²) in [5, 5.41) is 13.7. The number of ether oxygens (including phenoxy) is 1. The third-order valence-corrected chi connectivity index (χ3v) is 5.15. The van der Waals surface area contributed by atoms with Gasteiger partial charge in [-0.2, -0.15) is 0 Å². The number of carboxylic acid groups (broad SMARTS) is 1. The van der Waals surface area contributed by atoms with Crippen molar-refractivity contribution in [3.63, 3.8) is 0 Å². The van der Waals surface area contributed by atoms with E-state index < -0.39 is 5.97 Å². The molecule has 0 bridgehead atoms. The molecule has 0 radical (unpaired) electrons. The van der Waals surface area contributed by atoms with Crippen LogP contribution in [0.5, 0.6) is 0 Å². The Morgan fingerprint density at radius 1 is 1.32 bits per heavy atom. The SMILES string of the molecule is O=C(O)c1csc(-c2csc(C3CCOCC3)n2)c1. The standard InChI is InChI=1S/C13H13NO3S2/c15-13(16)9-5-11(18-6-9)10-7-19-12(14-10)8-1-3-17-4-2-8/h5-8H,1-4H2,(H,15,16). The van der Waals surface area contributed by atoms with Crippen molar-refractivity contribution in [3.8, 4) is 10.6 Å². The summed E-state index contributed by atoms with van der Waals surface area (Å²) in [6.07, 6.45) is 2.05. The third kappa shape index (κ3) is 2.70. The Kier molecular flexibility index (Phi) is 3.63. The van der Waals surface area contributed by atoms with E-state index in [0.717, 1.165) is 41.6 Å². The Morgan fingerprint density at radius 2 is 2.11 bits per heavy atom. The van der Waals surface area contributed by atoms with Crippen LogP contribution in [0.1, 0.15) is 34.1 Å². The average Bonchev–Trinajstić information content (AvgIpc) is 3.09. The number of hydrogen-bond acceptors (Lipinski definition) is 5. The van der Waals surface area contributed by atoms with E-state index in [9.17, 15) is 4.79 Å². The second kappa shape index (κ2) is 5.40. The molecule has 1 aliphatic heterocycles. The van der Waals surface area contributed by atoms with Gasteiger partial charge in [0.2, 0.25) is 0 Å². The van der Waals surface area contributed by atoms with Gasteiger partial charge in [-0.05, 0) is 18.9 Å². The Balaban J connectivity index is 1.81. The van der Waals surface area contributed by atoms with Crippen LogP contribution < -0.4 is 0 Å². The fraction of sp³-hybridized carbons (Fsp3) is 0.385. The van der Waals surface area contributed by atoms with Gasteiger partial charge in [0, 0.05) is 29.9 Å². The van der Waals surface area contributed by atoms with Gasteiger partial charge >= 0.3 is 5.97 Å². The van der Waals surface area contributed by atoms with Gasteiger partial charge in [0.05, 0.1) is 21.1 Å². The molecule has 0 aromatic carbocycles. The van der Waals surface area contributed by atoms with Crippen molar-refractivity contribution in [1.82, 2.24) is 4.98 Å². The molecule has 19 heavy (non-hydrogen) atoms. The van der Waals surface area contributed by atoms with Gasteiger partial charge in [0.25, 0.3) is 0 Å². The van der Waals surface area contributed by atoms with E-state index in [1.54, 1.807) is 22.8 Å². The molecule has 1 N–H and O–H groups in total.